The third-order valence-electron chi connectivity index (χ3n) is 11.2. The zero-order valence-corrected chi connectivity index (χ0v) is 34.2. The lowest BCUT2D eigenvalue weighted by Gasteiger charge is -2.25. The van der Waals surface area contributed by atoms with Gasteiger partial charge in [0.2, 0.25) is 0 Å². The Kier molecular flexibility index (Phi) is 6.77. The van der Waals surface area contributed by atoms with Gasteiger partial charge in [0, 0.05) is 25.8 Å². The Bertz CT molecular complexity index is 3990. The van der Waals surface area contributed by atoms with Crippen LogP contribution in [0.15, 0.2) is 218 Å². The van der Waals surface area contributed by atoms with Crippen LogP contribution in [0.3, 0.4) is 0 Å². The molecule has 0 N–H and O–H groups in total. The number of aromatic nitrogens is 4. The minimum Gasteiger partial charge on any atom is -0.458 e. The van der Waals surface area contributed by atoms with Gasteiger partial charge in [-0.3, -0.25) is 13.7 Å². The molecule has 0 radical (unpaired) electrons. The maximum atomic E-state index is 9.49. The van der Waals surface area contributed by atoms with Crippen molar-refractivity contribution in [3.63, 3.8) is 0 Å². The van der Waals surface area contributed by atoms with Crippen LogP contribution < -0.4 is 9.30 Å². The lowest BCUT2D eigenvalue weighted by atomic mass is 9.79. The molecule has 302 valence electrons. The van der Waals surface area contributed by atoms with Crippen molar-refractivity contribution in [2.75, 3.05) is 0 Å². The molecule has 0 atom stereocenters. The highest BCUT2D eigenvalue weighted by molar-refractivity contribution is 6.09. The normalized spacial score (nSPS) is 14.6. The highest BCUT2D eigenvalue weighted by atomic mass is 16.5. The molecule has 0 bridgehead atoms. The number of imidazole rings is 1. The fourth-order valence-corrected chi connectivity index (χ4v) is 8.36. The first-order valence-corrected chi connectivity index (χ1v) is 20.5. The van der Waals surface area contributed by atoms with Crippen LogP contribution in [0.5, 0.6) is 11.5 Å². The van der Waals surface area contributed by atoms with Crippen LogP contribution in [-0.2, 0) is 11.8 Å². The summed E-state index contributed by atoms with van der Waals surface area (Å²) in [5, 5.41) is 1.92. The first kappa shape index (κ1) is 27.0. The Balaban J connectivity index is 1.04. The van der Waals surface area contributed by atoms with E-state index >= 15 is 0 Å². The van der Waals surface area contributed by atoms with Crippen LogP contribution in [0.25, 0.3) is 72.3 Å². The third-order valence-corrected chi connectivity index (χ3v) is 11.2. The predicted octanol–water partition coefficient (Wildman–Crippen LogP) is 13.8. The van der Waals surface area contributed by atoms with E-state index in [0.717, 1.165) is 27.4 Å². The van der Waals surface area contributed by atoms with Gasteiger partial charge in [-0.05, 0) is 93.7 Å². The van der Waals surface area contributed by atoms with Crippen molar-refractivity contribution in [2.24, 2.45) is 0 Å². The molecule has 11 aromatic rings. The molecular weight excluding hydrogens is 769 g/mol. The summed E-state index contributed by atoms with van der Waals surface area (Å²) in [6, 6.07) is 41.0. The zero-order valence-electron chi connectivity index (χ0n) is 46.2. The Morgan fingerprint density at radius 1 is 0.619 bits per heavy atom. The molecule has 5 nitrogen and oxygen atoms in total. The number of benzene rings is 8. The van der Waals surface area contributed by atoms with Gasteiger partial charge < -0.3 is 4.74 Å². The summed E-state index contributed by atoms with van der Waals surface area (Å²) in [6.07, 6.45) is 3.29. The maximum absolute atomic E-state index is 9.49. The molecule has 63 heavy (non-hydrogen) atoms. The lowest BCUT2D eigenvalue weighted by molar-refractivity contribution is -0.571. The van der Waals surface area contributed by atoms with Crippen molar-refractivity contribution < 1.29 is 25.8 Å². The fraction of sp³-hybridized carbons (Fsp3) is 0.0690. The van der Waals surface area contributed by atoms with Crippen molar-refractivity contribution >= 4 is 32.8 Å². The van der Waals surface area contributed by atoms with Gasteiger partial charge in [0.05, 0.1) is 47.1 Å². The van der Waals surface area contributed by atoms with Crippen LogP contribution in [0, 0.1) is 6.33 Å². The molecule has 0 aliphatic heterocycles. The first-order chi connectivity index (χ1) is 35.9. The molecule has 0 spiro atoms. The number of para-hydroxylation sites is 4. The third kappa shape index (κ3) is 7.04. The van der Waals surface area contributed by atoms with Crippen LogP contribution in [-0.4, -0.2) is 14.1 Å². The van der Waals surface area contributed by atoms with E-state index in [1.54, 1.807) is 45.7 Å². The van der Waals surface area contributed by atoms with Gasteiger partial charge in [0.25, 0.3) is 6.33 Å². The minimum absolute atomic E-state index is 0.141. The number of hydrogen-bond acceptors (Lipinski definition) is 2. The van der Waals surface area contributed by atoms with Crippen molar-refractivity contribution in [3.05, 3.63) is 236 Å². The SMILES string of the molecule is [2H]c1c([2H])c([2H])c(-c2cccc(-c3c([2H])c([2H])c([2H])c([2H])c3[2H])c2-[n+]2[c-]n(-c3cccc(Oc4ccc5c6ccccc6n(-c6cc(C([2H])([2H])C(C)(C)c7ccccc7)ccn6)c5c4)c3)c3ccccc32)c([2H])c1[2H]. The van der Waals surface area contributed by atoms with E-state index in [-0.39, 0.29) is 27.9 Å². The topological polar surface area (TPSA) is 35.9 Å². The Morgan fingerprint density at radius 3 is 2.03 bits per heavy atom. The molecule has 0 saturated carbocycles. The highest BCUT2D eigenvalue weighted by Gasteiger charge is 2.23. The predicted molar refractivity (Wildman–Crippen MR) is 256 cm³/mol. The standard InChI is InChI=1S/C58H44N4O/c1-58(2,44-22-10-5-11-23-44)39-41-34-35-59-56(36-41)62-52-29-13-12-26-50(52)51-33-32-47(38-55(51)62)63-46-25-16-24-45(37-46)60-40-61(54-31-15-14-30-53(54)60)57-48(42-18-6-3-7-19-42)27-17-28-49(57)43-20-8-4-9-21-43/h3-38H,39H2,1-2H3/i3D,4D,6D,7D,8D,9D,18D,19D,20D,21D,39D2. The van der Waals surface area contributed by atoms with Gasteiger partial charge in [-0.25, -0.2) is 4.98 Å². The van der Waals surface area contributed by atoms with Crippen LogP contribution >= 0.6 is 0 Å². The van der Waals surface area contributed by atoms with Crippen LogP contribution in [0.4, 0.5) is 0 Å². The Morgan fingerprint density at radius 2 is 1.27 bits per heavy atom. The van der Waals surface area contributed by atoms with E-state index in [1.165, 1.54) is 0 Å². The van der Waals surface area contributed by atoms with E-state index in [9.17, 15) is 2.74 Å². The minimum atomic E-state index is -1.79. The molecule has 0 saturated heterocycles. The van der Waals surface area contributed by atoms with Gasteiger partial charge in [-0.2, -0.15) is 0 Å². The molecule has 3 heterocycles. The van der Waals surface area contributed by atoms with E-state index in [0.29, 0.717) is 39.6 Å². The Labute approximate surface area is 384 Å². The van der Waals surface area contributed by atoms with Crippen molar-refractivity contribution in [1.82, 2.24) is 14.1 Å². The molecule has 0 amide bonds. The number of rotatable bonds is 10. The molecule has 3 aromatic heterocycles. The van der Waals surface area contributed by atoms with Crippen LogP contribution in [0.1, 0.15) is 41.4 Å². The summed E-state index contributed by atoms with van der Waals surface area (Å²) >= 11 is 0. The first-order valence-electron chi connectivity index (χ1n) is 26.5. The smallest absolute Gasteiger partial charge is 0.269 e. The van der Waals surface area contributed by atoms with E-state index < -0.39 is 72.2 Å². The molecule has 5 heteroatoms. The highest BCUT2D eigenvalue weighted by Crippen LogP contribution is 2.38. The number of hydrogen-bond donors (Lipinski definition) is 0. The second-order valence-electron chi connectivity index (χ2n) is 15.6. The average molecular weight is 825 g/mol. The summed E-state index contributed by atoms with van der Waals surface area (Å²) in [5.41, 5.74) is 4.03. The number of nitrogens with zero attached hydrogens (tertiary/aromatic N) is 4. The van der Waals surface area contributed by atoms with Gasteiger partial charge in [-0.15, -0.1) is 0 Å². The molecule has 11 rings (SSSR count). The molecule has 0 aliphatic carbocycles. The maximum Gasteiger partial charge on any atom is 0.269 e. The Hall–Kier alpha value is -8.02. The summed E-state index contributed by atoms with van der Waals surface area (Å²) in [6.45, 7) is 3.82. The molecule has 0 fully saturated rings. The molecule has 0 aliphatic rings. The molecule has 8 aromatic carbocycles. The average Bonchev–Trinajstić information content (AvgIpc) is 3.97. The van der Waals surface area contributed by atoms with Crippen molar-refractivity contribution in [2.45, 2.75) is 25.6 Å². The fourth-order valence-electron chi connectivity index (χ4n) is 8.36. The second kappa shape index (κ2) is 15.8. The number of fused-ring (bicyclic) bond motifs is 4. The van der Waals surface area contributed by atoms with E-state index in [4.69, 9.17) is 23.4 Å². The van der Waals surface area contributed by atoms with Crippen molar-refractivity contribution in [1.29, 1.82) is 0 Å². The van der Waals surface area contributed by atoms with E-state index in [1.807, 2.05) is 140 Å². The number of pyridine rings is 1. The lowest BCUT2D eigenvalue weighted by Crippen LogP contribution is -2.31. The van der Waals surface area contributed by atoms with E-state index in [2.05, 4.69) is 6.33 Å². The monoisotopic (exact) mass is 824 g/mol. The van der Waals surface area contributed by atoms with Crippen molar-refractivity contribution in [3.8, 4) is 50.9 Å². The summed E-state index contributed by atoms with van der Waals surface area (Å²) in [7, 11) is 0. The van der Waals surface area contributed by atoms with Gasteiger partial charge in [0.15, 0.2) is 0 Å². The van der Waals surface area contributed by atoms with Crippen LogP contribution in [0.2, 0.25) is 0 Å². The summed E-state index contributed by atoms with van der Waals surface area (Å²) < 4.78 is 118. The quantitative estimate of drug-likeness (QED) is 0.102. The van der Waals surface area contributed by atoms with Gasteiger partial charge in [-0.1, -0.05) is 171 Å². The largest absolute Gasteiger partial charge is 0.458 e. The summed E-state index contributed by atoms with van der Waals surface area (Å²) in [5.74, 6) is 1.51. The van der Waals surface area contributed by atoms with Gasteiger partial charge >= 0.3 is 0 Å². The molecular formula is C58H44N4O. The van der Waals surface area contributed by atoms with Gasteiger partial charge in [0.1, 0.15) is 17.3 Å². The zero-order chi connectivity index (χ0) is 52.8. The molecule has 0 unspecified atom stereocenters. The number of ether oxygens (including phenoxy) is 1. The summed E-state index contributed by atoms with van der Waals surface area (Å²) in [4.78, 5) is 4.80. The second-order valence-corrected chi connectivity index (χ2v) is 15.6.